The van der Waals surface area contributed by atoms with Crippen molar-refractivity contribution in [2.75, 3.05) is 39.3 Å². The van der Waals surface area contributed by atoms with E-state index in [2.05, 4.69) is 20.4 Å². The molecule has 3 atom stereocenters. The molecule has 0 radical (unpaired) electrons. The van der Waals surface area contributed by atoms with Crippen LogP contribution in [0.2, 0.25) is 0 Å². The zero-order chi connectivity index (χ0) is 19.8. The quantitative estimate of drug-likeness (QED) is 0.814. The molecule has 3 fully saturated rings. The number of nitrogens with one attached hydrogen (secondary N) is 2. The number of carbonyl (C=O) groups excluding carboxylic acids is 2. The molecule has 3 aliphatic heterocycles. The molecule has 1 aromatic carbocycles. The second-order valence-corrected chi connectivity index (χ2v) is 8.84. The van der Waals surface area contributed by atoms with Crippen LogP contribution in [0.1, 0.15) is 36.0 Å². The van der Waals surface area contributed by atoms with E-state index >= 15 is 0 Å². The van der Waals surface area contributed by atoms with Crippen molar-refractivity contribution >= 4 is 22.7 Å². The predicted molar refractivity (Wildman–Crippen MR) is 110 cm³/mol. The number of benzene rings is 1. The van der Waals surface area contributed by atoms with Crippen molar-refractivity contribution in [2.45, 2.75) is 25.7 Å². The number of piperidine rings is 1. The summed E-state index contributed by atoms with van der Waals surface area (Å²) in [7, 11) is 0. The van der Waals surface area contributed by atoms with Crippen LogP contribution in [0.3, 0.4) is 0 Å². The van der Waals surface area contributed by atoms with E-state index in [1.165, 1.54) is 0 Å². The largest absolute Gasteiger partial charge is 0.342 e. The Hall–Kier alpha value is -2.41. The lowest BCUT2D eigenvalue weighted by Gasteiger charge is -2.35. The molecule has 3 aliphatic rings. The van der Waals surface area contributed by atoms with E-state index in [4.69, 9.17) is 0 Å². The van der Waals surface area contributed by atoms with Gasteiger partial charge in [0.25, 0.3) is 5.91 Å². The van der Waals surface area contributed by atoms with Crippen LogP contribution in [0.15, 0.2) is 24.4 Å². The van der Waals surface area contributed by atoms with Crippen molar-refractivity contribution in [3.63, 3.8) is 0 Å². The lowest BCUT2D eigenvalue weighted by molar-refractivity contribution is -0.137. The number of nitrogens with zero attached hydrogens (tertiary/aromatic N) is 3. The highest BCUT2D eigenvalue weighted by Gasteiger charge is 2.35. The lowest BCUT2D eigenvalue weighted by Crippen LogP contribution is -2.47. The fourth-order valence-electron chi connectivity index (χ4n) is 5.32. The monoisotopic (exact) mass is 395 g/mol. The van der Waals surface area contributed by atoms with Gasteiger partial charge in [-0.05, 0) is 68.8 Å². The van der Waals surface area contributed by atoms with Gasteiger partial charge < -0.3 is 15.1 Å². The summed E-state index contributed by atoms with van der Waals surface area (Å²) in [6, 6.07) is 5.62. The molecule has 7 nitrogen and oxygen atoms in total. The van der Waals surface area contributed by atoms with Gasteiger partial charge in [0.1, 0.15) is 0 Å². The van der Waals surface area contributed by atoms with Gasteiger partial charge >= 0.3 is 0 Å². The van der Waals surface area contributed by atoms with Crippen molar-refractivity contribution in [1.82, 2.24) is 25.3 Å². The summed E-state index contributed by atoms with van der Waals surface area (Å²) < 4.78 is 0. The average molecular weight is 396 g/mol. The highest BCUT2D eigenvalue weighted by molar-refractivity contribution is 5.98. The number of aromatic amines is 1. The number of carbonyl (C=O) groups is 2. The Bertz CT molecular complexity index is 895. The minimum Gasteiger partial charge on any atom is -0.342 e. The number of rotatable bonds is 2. The third-order valence-electron chi connectivity index (χ3n) is 7.08. The molecule has 0 bridgehead atoms. The molecule has 2 aromatic rings. The summed E-state index contributed by atoms with van der Waals surface area (Å²) in [5.74, 6) is 1.63. The average Bonchev–Trinajstić information content (AvgIpc) is 3.37. The zero-order valence-corrected chi connectivity index (χ0v) is 16.8. The minimum absolute atomic E-state index is 0.0158. The summed E-state index contributed by atoms with van der Waals surface area (Å²) in [5, 5.41) is 11.4. The van der Waals surface area contributed by atoms with Crippen LogP contribution in [0, 0.1) is 17.8 Å². The lowest BCUT2D eigenvalue weighted by atomic mass is 9.92. The predicted octanol–water partition coefficient (Wildman–Crippen LogP) is 1.87. The molecule has 7 heteroatoms. The van der Waals surface area contributed by atoms with E-state index in [1.54, 1.807) is 6.20 Å². The number of aromatic nitrogens is 2. The van der Waals surface area contributed by atoms with Crippen molar-refractivity contribution in [1.29, 1.82) is 0 Å². The van der Waals surface area contributed by atoms with Gasteiger partial charge in [-0.1, -0.05) is 0 Å². The highest BCUT2D eigenvalue weighted by Crippen LogP contribution is 2.29. The molecule has 0 saturated carbocycles. The summed E-state index contributed by atoms with van der Waals surface area (Å²) in [6.07, 6.45) is 5.71. The molecule has 0 aliphatic carbocycles. The second kappa shape index (κ2) is 7.78. The zero-order valence-electron chi connectivity index (χ0n) is 16.8. The Balaban J connectivity index is 1.25. The maximum atomic E-state index is 13.2. The molecule has 4 heterocycles. The van der Waals surface area contributed by atoms with Gasteiger partial charge in [-0.2, -0.15) is 5.10 Å². The summed E-state index contributed by atoms with van der Waals surface area (Å²) in [5.41, 5.74) is 1.59. The van der Waals surface area contributed by atoms with Crippen LogP contribution in [-0.4, -0.2) is 71.1 Å². The molecule has 154 valence electrons. The summed E-state index contributed by atoms with van der Waals surface area (Å²) in [4.78, 5) is 30.2. The standard InChI is InChI=1S/C22H29N5O2/c28-21(15-3-4-20-19(10-15)13-24-25-20)27-7-1-2-18(14-27)22(29)26-8-5-16-11-23-12-17(16)6-9-26/h3-4,10,13,16-18,23H,1-2,5-9,11-12,14H2,(H,24,25)/t16-,17+,18?. The van der Waals surface area contributed by atoms with Crippen molar-refractivity contribution in [2.24, 2.45) is 17.8 Å². The number of fused-ring (bicyclic) bond motifs is 2. The van der Waals surface area contributed by atoms with Crippen LogP contribution in [0.4, 0.5) is 0 Å². The maximum Gasteiger partial charge on any atom is 0.253 e. The van der Waals surface area contributed by atoms with Crippen molar-refractivity contribution < 1.29 is 9.59 Å². The van der Waals surface area contributed by atoms with E-state index in [0.717, 1.165) is 81.1 Å². The molecule has 5 rings (SSSR count). The highest BCUT2D eigenvalue weighted by atomic mass is 16.2. The van der Waals surface area contributed by atoms with E-state index in [9.17, 15) is 9.59 Å². The molecular weight excluding hydrogens is 366 g/mol. The SMILES string of the molecule is O=C(c1ccc2[nH]ncc2c1)N1CCCC(C(=O)N2CC[C@@H]3CNC[C@@H]3CC2)C1. The van der Waals surface area contributed by atoms with Crippen molar-refractivity contribution in [3.8, 4) is 0 Å². The van der Waals surface area contributed by atoms with Crippen LogP contribution in [-0.2, 0) is 4.79 Å². The number of H-pyrrole nitrogens is 1. The number of hydrogen-bond donors (Lipinski definition) is 2. The van der Waals surface area contributed by atoms with Gasteiger partial charge in [0.15, 0.2) is 0 Å². The van der Waals surface area contributed by atoms with Gasteiger partial charge in [-0.15, -0.1) is 0 Å². The molecule has 2 amide bonds. The Kier molecular flexibility index (Phi) is 4.99. The summed E-state index contributed by atoms with van der Waals surface area (Å²) in [6.45, 7) is 5.18. The molecule has 29 heavy (non-hydrogen) atoms. The minimum atomic E-state index is -0.0681. The van der Waals surface area contributed by atoms with Gasteiger partial charge in [-0.3, -0.25) is 14.7 Å². The maximum absolute atomic E-state index is 13.2. The van der Waals surface area contributed by atoms with Crippen LogP contribution < -0.4 is 5.32 Å². The molecule has 0 spiro atoms. The topological polar surface area (TPSA) is 81.3 Å². The van der Waals surface area contributed by atoms with E-state index in [-0.39, 0.29) is 17.7 Å². The molecule has 2 N–H and O–H groups in total. The molecule has 3 saturated heterocycles. The van der Waals surface area contributed by atoms with Crippen LogP contribution in [0.5, 0.6) is 0 Å². The summed E-state index contributed by atoms with van der Waals surface area (Å²) >= 11 is 0. The van der Waals surface area contributed by atoms with Crippen LogP contribution in [0.25, 0.3) is 10.9 Å². The van der Waals surface area contributed by atoms with Gasteiger partial charge in [0.2, 0.25) is 5.91 Å². The Labute approximate surface area is 170 Å². The Morgan fingerprint density at radius 1 is 1.00 bits per heavy atom. The molecular formula is C22H29N5O2. The second-order valence-electron chi connectivity index (χ2n) is 8.84. The van der Waals surface area contributed by atoms with Gasteiger partial charge in [-0.25, -0.2) is 0 Å². The third kappa shape index (κ3) is 3.64. The Morgan fingerprint density at radius 2 is 1.79 bits per heavy atom. The van der Waals surface area contributed by atoms with Gasteiger partial charge in [0.05, 0.1) is 17.6 Å². The molecule has 1 aromatic heterocycles. The third-order valence-corrected chi connectivity index (χ3v) is 7.08. The van der Waals surface area contributed by atoms with Crippen LogP contribution >= 0.6 is 0 Å². The smallest absolute Gasteiger partial charge is 0.253 e. The first-order valence-electron chi connectivity index (χ1n) is 10.9. The number of hydrogen-bond acceptors (Lipinski definition) is 4. The first-order valence-corrected chi connectivity index (χ1v) is 10.9. The number of likely N-dealkylation sites (tertiary alicyclic amines) is 2. The van der Waals surface area contributed by atoms with Crippen molar-refractivity contribution in [3.05, 3.63) is 30.0 Å². The van der Waals surface area contributed by atoms with E-state index in [0.29, 0.717) is 12.1 Å². The first kappa shape index (κ1) is 18.6. The molecule has 1 unspecified atom stereocenters. The Morgan fingerprint density at radius 3 is 2.59 bits per heavy atom. The number of amides is 2. The fraction of sp³-hybridized carbons (Fsp3) is 0.591. The van der Waals surface area contributed by atoms with E-state index in [1.807, 2.05) is 23.1 Å². The van der Waals surface area contributed by atoms with Gasteiger partial charge in [0, 0.05) is 37.1 Å². The van der Waals surface area contributed by atoms with E-state index < -0.39 is 0 Å². The fourth-order valence-corrected chi connectivity index (χ4v) is 5.32. The normalized spacial score (nSPS) is 27.7. The first-order chi connectivity index (χ1) is 14.2.